The van der Waals surface area contributed by atoms with E-state index >= 15 is 0 Å². The first-order valence-electron chi connectivity index (χ1n) is 10.8. The predicted molar refractivity (Wildman–Crippen MR) is 126 cm³/mol. The van der Waals surface area contributed by atoms with Gasteiger partial charge in [0, 0.05) is 41.9 Å². The van der Waals surface area contributed by atoms with Crippen LogP contribution in [0.2, 0.25) is 5.02 Å². The van der Waals surface area contributed by atoms with Gasteiger partial charge in [-0.05, 0) is 68.7 Å². The molecule has 0 saturated carbocycles. The van der Waals surface area contributed by atoms with E-state index in [1.165, 1.54) is 0 Å². The first-order valence-corrected chi connectivity index (χ1v) is 11.2. The Morgan fingerprint density at radius 3 is 2.41 bits per heavy atom. The minimum atomic E-state index is -0.254. The molecule has 0 aromatic heterocycles. The van der Waals surface area contributed by atoms with Gasteiger partial charge in [0.15, 0.2) is 0 Å². The summed E-state index contributed by atoms with van der Waals surface area (Å²) in [5.74, 6) is -0.374. The fourth-order valence-corrected chi connectivity index (χ4v) is 3.75. The van der Waals surface area contributed by atoms with Crippen LogP contribution >= 0.6 is 11.6 Å². The van der Waals surface area contributed by atoms with E-state index in [-0.39, 0.29) is 29.8 Å². The normalized spacial score (nSPS) is 15.9. The fraction of sp³-hybridized carbons (Fsp3) is 0.375. The van der Waals surface area contributed by atoms with E-state index in [1.54, 1.807) is 41.3 Å². The number of nitrogens with zero attached hydrogens (tertiary/aromatic N) is 1. The number of urea groups is 1. The summed E-state index contributed by atoms with van der Waals surface area (Å²) in [5, 5.41) is 9.08. The third-order valence-corrected chi connectivity index (χ3v) is 5.52. The van der Waals surface area contributed by atoms with Crippen LogP contribution in [0.1, 0.15) is 42.6 Å². The molecule has 3 N–H and O–H groups in total. The SMILES string of the molecule is CC(C)NC(=O)Nc1ccc(CNC(=O)C2CCCN(C(=O)c3ccc(Cl)cc3)C2)cc1. The molecule has 0 radical (unpaired) electrons. The molecule has 1 fully saturated rings. The minimum Gasteiger partial charge on any atom is -0.352 e. The Hall–Kier alpha value is -3.06. The van der Waals surface area contributed by atoms with Crippen molar-refractivity contribution in [3.05, 3.63) is 64.7 Å². The summed E-state index contributed by atoms with van der Waals surface area (Å²) in [5.41, 5.74) is 2.19. The molecule has 7 nitrogen and oxygen atoms in total. The number of nitrogens with one attached hydrogen (secondary N) is 3. The zero-order valence-corrected chi connectivity index (χ0v) is 19.1. The van der Waals surface area contributed by atoms with Crippen molar-refractivity contribution in [1.29, 1.82) is 0 Å². The predicted octanol–water partition coefficient (Wildman–Crippen LogP) is 4.04. The Balaban J connectivity index is 1.49. The first-order chi connectivity index (χ1) is 15.3. The van der Waals surface area contributed by atoms with Crippen molar-refractivity contribution in [3.8, 4) is 0 Å². The molecule has 8 heteroatoms. The van der Waals surface area contributed by atoms with E-state index in [0.717, 1.165) is 18.4 Å². The van der Waals surface area contributed by atoms with E-state index in [0.29, 0.717) is 35.9 Å². The van der Waals surface area contributed by atoms with Crippen molar-refractivity contribution in [2.45, 2.75) is 39.3 Å². The fourth-order valence-electron chi connectivity index (χ4n) is 3.62. The summed E-state index contributed by atoms with van der Waals surface area (Å²) < 4.78 is 0. The molecule has 1 aliphatic heterocycles. The van der Waals surface area contributed by atoms with Crippen molar-refractivity contribution in [1.82, 2.24) is 15.5 Å². The molecular formula is C24H29ClN4O3. The van der Waals surface area contributed by atoms with Crippen LogP contribution < -0.4 is 16.0 Å². The van der Waals surface area contributed by atoms with Crippen LogP contribution in [-0.2, 0) is 11.3 Å². The molecule has 1 aliphatic rings. The summed E-state index contributed by atoms with van der Waals surface area (Å²) in [4.78, 5) is 38.9. The van der Waals surface area contributed by atoms with Crippen molar-refractivity contribution < 1.29 is 14.4 Å². The van der Waals surface area contributed by atoms with Gasteiger partial charge in [-0.3, -0.25) is 9.59 Å². The van der Waals surface area contributed by atoms with Gasteiger partial charge in [0.05, 0.1) is 5.92 Å². The van der Waals surface area contributed by atoms with E-state index in [4.69, 9.17) is 11.6 Å². The second kappa shape index (κ2) is 11.0. The number of likely N-dealkylation sites (tertiary alicyclic amines) is 1. The first kappa shape index (κ1) is 23.6. The number of rotatable bonds is 6. The van der Waals surface area contributed by atoms with Crippen molar-refractivity contribution in [2.24, 2.45) is 5.92 Å². The smallest absolute Gasteiger partial charge is 0.319 e. The number of benzene rings is 2. The molecule has 0 aliphatic carbocycles. The number of hydrogen-bond donors (Lipinski definition) is 3. The maximum atomic E-state index is 12.7. The maximum absolute atomic E-state index is 12.7. The van der Waals surface area contributed by atoms with Crippen LogP contribution in [0.5, 0.6) is 0 Å². The van der Waals surface area contributed by atoms with Gasteiger partial charge in [-0.1, -0.05) is 23.7 Å². The van der Waals surface area contributed by atoms with Crippen LogP contribution in [0, 0.1) is 5.92 Å². The summed E-state index contributed by atoms with van der Waals surface area (Å²) in [6, 6.07) is 13.9. The van der Waals surface area contributed by atoms with Gasteiger partial charge in [0.2, 0.25) is 5.91 Å². The van der Waals surface area contributed by atoms with E-state index in [2.05, 4.69) is 16.0 Å². The molecule has 1 atom stereocenters. The molecule has 4 amide bonds. The van der Waals surface area contributed by atoms with Crippen LogP contribution in [0.4, 0.5) is 10.5 Å². The third kappa shape index (κ3) is 6.72. The molecule has 170 valence electrons. The zero-order valence-electron chi connectivity index (χ0n) is 18.4. The molecule has 2 aromatic rings. The third-order valence-electron chi connectivity index (χ3n) is 5.27. The molecule has 2 aromatic carbocycles. The highest BCUT2D eigenvalue weighted by Crippen LogP contribution is 2.20. The van der Waals surface area contributed by atoms with Gasteiger partial charge < -0.3 is 20.9 Å². The van der Waals surface area contributed by atoms with Gasteiger partial charge in [-0.25, -0.2) is 4.79 Å². The van der Waals surface area contributed by atoms with Crippen molar-refractivity contribution >= 4 is 35.1 Å². The van der Waals surface area contributed by atoms with Gasteiger partial charge in [0.25, 0.3) is 5.91 Å². The van der Waals surface area contributed by atoms with Crippen LogP contribution in [-0.4, -0.2) is 41.9 Å². The lowest BCUT2D eigenvalue weighted by molar-refractivity contribution is -0.126. The molecule has 32 heavy (non-hydrogen) atoms. The van der Waals surface area contributed by atoms with Crippen LogP contribution in [0.15, 0.2) is 48.5 Å². The molecule has 0 bridgehead atoms. The minimum absolute atomic E-state index is 0.0571. The average molecular weight is 457 g/mol. The molecular weight excluding hydrogens is 428 g/mol. The largest absolute Gasteiger partial charge is 0.352 e. The Labute approximate surface area is 193 Å². The van der Waals surface area contributed by atoms with Crippen molar-refractivity contribution in [3.63, 3.8) is 0 Å². The average Bonchev–Trinajstić information content (AvgIpc) is 2.78. The lowest BCUT2D eigenvalue weighted by Crippen LogP contribution is -2.45. The summed E-state index contributed by atoms with van der Waals surface area (Å²) in [6.45, 7) is 5.22. The van der Waals surface area contributed by atoms with Gasteiger partial charge in [-0.2, -0.15) is 0 Å². The number of anilines is 1. The highest BCUT2D eigenvalue weighted by molar-refractivity contribution is 6.30. The lowest BCUT2D eigenvalue weighted by Gasteiger charge is -2.32. The maximum Gasteiger partial charge on any atom is 0.319 e. The molecule has 1 unspecified atom stereocenters. The summed E-state index contributed by atoms with van der Waals surface area (Å²) >= 11 is 5.90. The van der Waals surface area contributed by atoms with Crippen LogP contribution in [0.25, 0.3) is 0 Å². The second-order valence-corrected chi connectivity index (χ2v) is 8.70. The number of carbonyl (C=O) groups excluding carboxylic acids is 3. The number of carbonyl (C=O) groups is 3. The topological polar surface area (TPSA) is 90.5 Å². The summed E-state index contributed by atoms with van der Waals surface area (Å²) in [7, 11) is 0. The molecule has 3 rings (SSSR count). The van der Waals surface area contributed by atoms with Crippen molar-refractivity contribution in [2.75, 3.05) is 18.4 Å². The quantitative estimate of drug-likeness (QED) is 0.612. The molecule has 1 saturated heterocycles. The van der Waals surface area contributed by atoms with Gasteiger partial charge in [-0.15, -0.1) is 0 Å². The van der Waals surface area contributed by atoms with Crippen LogP contribution in [0.3, 0.4) is 0 Å². The van der Waals surface area contributed by atoms with E-state index in [1.807, 2.05) is 26.0 Å². The highest BCUT2D eigenvalue weighted by atomic mass is 35.5. The number of piperidine rings is 1. The number of halogens is 1. The molecule has 0 spiro atoms. The van der Waals surface area contributed by atoms with E-state index in [9.17, 15) is 14.4 Å². The number of hydrogen-bond acceptors (Lipinski definition) is 3. The lowest BCUT2D eigenvalue weighted by atomic mass is 9.96. The standard InChI is InChI=1S/C24H29ClN4O3/c1-16(2)27-24(32)28-21-11-5-17(6-12-21)14-26-22(30)19-4-3-13-29(15-19)23(31)18-7-9-20(25)10-8-18/h5-12,16,19H,3-4,13-15H2,1-2H3,(H,26,30)(H2,27,28,32). The zero-order chi connectivity index (χ0) is 23.1. The van der Waals surface area contributed by atoms with E-state index < -0.39 is 0 Å². The Morgan fingerprint density at radius 2 is 1.75 bits per heavy atom. The Bertz CT molecular complexity index is 945. The monoisotopic (exact) mass is 456 g/mol. The number of amides is 4. The second-order valence-electron chi connectivity index (χ2n) is 8.27. The highest BCUT2D eigenvalue weighted by Gasteiger charge is 2.28. The molecule has 1 heterocycles. The summed E-state index contributed by atoms with van der Waals surface area (Å²) in [6.07, 6.45) is 1.54. The Kier molecular flexibility index (Phi) is 8.11. The van der Waals surface area contributed by atoms with Gasteiger partial charge >= 0.3 is 6.03 Å². The van der Waals surface area contributed by atoms with Gasteiger partial charge in [0.1, 0.15) is 0 Å². The Morgan fingerprint density at radius 1 is 1.06 bits per heavy atom.